The molecule has 0 spiro atoms. The number of nitrogens with one attached hydrogen (secondary N) is 1. The summed E-state index contributed by atoms with van der Waals surface area (Å²) in [4.78, 5) is 28.9. The second-order valence-electron chi connectivity index (χ2n) is 10.4. The standard InChI is InChI=1S/C32H29F6N3O5S/c1-2-46-28-5-3-4-22(20-28)6-7-23-18-25(21-26(19-23)32(36,37)38)30(43)41-15-13-40(14-16-41)27-10-8-24(9-11-27)29(42)39-47(44,45)17-12-31(33,34)35/h3-5,8-11,18-21H,2,12-17H2,1H3,(H,39,42). The van der Waals surface area contributed by atoms with Crippen LogP contribution in [0.15, 0.2) is 66.7 Å². The quantitative estimate of drug-likeness (QED) is 0.250. The summed E-state index contributed by atoms with van der Waals surface area (Å²) in [5.41, 5.74) is -0.118. The molecule has 1 aliphatic rings. The summed E-state index contributed by atoms with van der Waals surface area (Å²) in [5.74, 6) is 3.12. The van der Waals surface area contributed by atoms with Gasteiger partial charge in [-0.1, -0.05) is 17.9 Å². The predicted octanol–water partition coefficient (Wildman–Crippen LogP) is 5.48. The number of alkyl halides is 6. The van der Waals surface area contributed by atoms with Gasteiger partial charge in [-0.15, -0.1) is 0 Å². The summed E-state index contributed by atoms with van der Waals surface area (Å²) >= 11 is 0. The van der Waals surface area contributed by atoms with E-state index in [1.807, 2.05) is 11.8 Å². The van der Waals surface area contributed by atoms with Crippen molar-refractivity contribution in [2.45, 2.75) is 25.7 Å². The first kappa shape index (κ1) is 35.1. The molecule has 0 unspecified atom stereocenters. The number of halogens is 6. The molecule has 0 radical (unpaired) electrons. The van der Waals surface area contributed by atoms with Crippen LogP contribution >= 0.6 is 0 Å². The zero-order chi connectivity index (χ0) is 34.4. The molecule has 0 saturated carbocycles. The third-order valence-electron chi connectivity index (χ3n) is 6.97. The zero-order valence-electron chi connectivity index (χ0n) is 24.9. The van der Waals surface area contributed by atoms with Gasteiger partial charge in [0.2, 0.25) is 10.0 Å². The highest BCUT2D eigenvalue weighted by Gasteiger charge is 2.33. The first-order chi connectivity index (χ1) is 22.0. The molecule has 2 amide bonds. The maximum absolute atomic E-state index is 13.7. The minimum Gasteiger partial charge on any atom is -0.494 e. The number of sulfonamides is 1. The maximum atomic E-state index is 13.7. The van der Waals surface area contributed by atoms with Gasteiger partial charge in [-0.25, -0.2) is 13.1 Å². The number of ether oxygens (including phenoxy) is 1. The number of piperazine rings is 1. The fraction of sp³-hybridized carbons (Fsp3) is 0.312. The molecule has 1 fully saturated rings. The smallest absolute Gasteiger partial charge is 0.416 e. The second-order valence-corrected chi connectivity index (χ2v) is 12.3. The molecule has 8 nitrogen and oxygen atoms in total. The van der Waals surface area contributed by atoms with E-state index in [1.54, 1.807) is 29.0 Å². The fourth-order valence-electron chi connectivity index (χ4n) is 4.64. The molecule has 1 N–H and O–H groups in total. The van der Waals surface area contributed by atoms with Crippen LogP contribution < -0.4 is 14.4 Å². The van der Waals surface area contributed by atoms with Crippen LogP contribution in [0, 0.1) is 11.8 Å². The molecule has 1 aliphatic heterocycles. The van der Waals surface area contributed by atoms with Gasteiger partial charge in [-0.2, -0.15) is 26.3 Å². The van der Waals surface area contributed by atoms with Crippen LogP contribution in [0.2, 0.25) is 0 Å². The molecule has 0 aromatic heterocycles. The Bertz CT molecular complexity index is 1770. The van der Waals surface area contributed by atoms with E-state index in [4.69, 9.17) is 4.74 Å². The van der Waals surface area contributed by atoms with E-state index in [9.17, 15) is 44.3 Å². The number of hydrogen-bond donors (Lipinski definition) is 1. The van der Waals surface area contributed by atoms with Gasteiger partial charge in [0.15, 0.2) is 0 Å². The van der Waals surface area contributed by atoms with Crippen molar-refractivity contribution in [3.8, 4) is 17.6 Å². The Hall–Kier alpha value is -4.71. The Balaban J connectivity index is 1.42. The van der Waals surface area contributed by atoms with Crippen molar-refractivity contribution in [3.63, 3.8) is 0 Å². The van der Waals surface area contributed by atoms with Crippen molar-refractivity contribution in [1.29, 1.82) is 0 Å². The normalized spacial score (nSPS) is 13.9. The molecule has 15 heteroatoms. The number of hydrogen-bond acceptors (Lipinski definition) is 6. The van der Waals surface area contributed by atoms with E-state index in [-0.39, 0.29) is 29.8 Å². The van der Waals surface area contributed by atoms with Crippen LogP contribution in [0.3, 0.4) is 0 Å². The molecule has 47 heavy (non-hydrogen) atoms. The largest absolute Gasteiger partial charge is 0.494 e. The minimum absolute atomic E-state index is 0.0147. The lowest BCUT2D eigenvalue weighted by Gasteiger charge is -2.36. The summed E-state index contributed by atoms with van der Waals surface area (Å²) in [5, 5.41) is 0. The number of benzene rings is 3. The Morgan fingerprint density at radius 2 is 1.51 bits per heavy atom. The Labute approximate surface area is 267 Å². The van der Waals surface area contributed by atoms with Gasteiger partial charge in [0.25, 0.3) is 11.8 Å². The first-order valence-electron chi connectivity index (χ1n) is 14.3. The van der Waals surface area contributed by atoms with Crippen molar-refractivity contribution in [3.05, 3.63) is 94.5 Å². The fourth-order valence-corrected chi connectivity index (χ4v) is 5.64. The van der Waals surface area contributed by atoms with E-state index in [2.05, 4.69) is 11.8 Å². The highest BCUT2D eigenvalue weighted by molar-refractivity contribution is 7.90. The third kappa shape index (κ3) is 10.1. The summed E-state index contributed by atoms with van der Waals surface area (Å²) in [6.07, 6.45) is -11.0. The SMILES string of the molecule is CCOc1cccc(C#Cc2cc(C(=O)N3CCN(c4ccc(C(=O)NS(=O)(=O)CCC(F)(F)F)cc4)CC3)cc(C(F)(F)F)c2)c1. The van der Waals surface area contributed by atoms with Crippen molar-refractivity contribution in [1.82, 2.24) is 9.62 Å². The van der Waals surface area contributed by atoms with Gasteiger partial charge in [-0.3, -0.25) is 9.59 Å². The predicted molar refractivity (Wildman–Crippen MR) is 162 cm³/mol. The Morgan fingerprint density at radius 3 is 2.13 bits per heavy atom. The van der Waals surface area contributed by atoms with E-state index in [0.717, 1.165) is 12.1 Å². The minimum atomic E-state index is -4.71. The number of anilines is 1. The summed E-state index contributed by atoms with van der Waals surface area (Å²) in [6, 6.07) is 15.4. The average molecular weight is 682 g/mol. The van der Waals surface area contributed by atoms with Crippen LogP contribution in [0.5, 0.6) is 5.75 Å². The molecular weight excluding hydrogens is 652 g/mol. The topological polar surface area (TPSA) is 96.0 Å². The number of nitrogens with zero attached hydrogens (tertiary/aromatic N) is 2. The van der Waals surface area contributed by atoms with Crippen LogP contribution in [0.25, 0.3) is 0 Å². The van der Waals surface area contributed by atoms with Crippen molar-refractivity contribution < 1.29 is 49.1 Å². The van der Waals surface area contributed by atoms with Crippen molar-refractivity contribution in [2.24, 2.45) is 0 Å². The Kier molecular flexibility index (Phi) is 10.7. The molecule has 0 atom stereocenters. The average Bonchev–Trinajstić information content (AvgIpc) is 3.02. The highest BCUT2D eigenvalue weighted by Crippen LogP contribution is 2.31. The van der Waals surface area contributed by atoms with Gasteiger partial charge < -0.3 is 14.5 Å². The van der Waals surface area contributed by atoms with Gasteiger partial charge in [0.1, 0.15) is 5.75 Å². The van der Waals surface area contributed by atoms with E-state index < -0.39 is 51.9 Å². The molecule has 250 valence electrons. The lowest BCUT2D eigenvalue weighted by molar-refractivity contribution is -0.137. The lowest BCUT2D eigenvalue weighted by Crippen LogP contribution is -2.48. The van der Waals surface area contributed by atoms with Crippen molar-refractivity contribution in [2.75, 3.05) is 43.4 Å². The van der Waals surface area contributed by atoms with Gasteiger partial charge in [-0.05, 0) is 67.6 Å². The summed E-state index contributed by atoms with van der Waals surface area (Å²) in [6.45, 7) is 3.17. The monoisotopic (exact) mass is 681 g/mol. The molecule has 0 aliphatic carbocycles. The molecule has 3 aromatic rings. The number of rotatable bonds is 8. The molecule has 1 saturated heterocycles. The number of amides is 2. The van der Waals surface area contributed by atoms with Crippen LogP contribution in [-0.4, -0.2) is 69.8 Å². The van der Waals surface area contributed by atoms with E-state index >= 15 is 0 Å². The van der Waals surface area contributed by atoms with Crippen LogP contribution in [0.1, 0.15) is 50.8 Å². The molecule has 0 bridgehead atoms. The van der Waals surface area contributed by atoms with E-state index in [1.165, 1.54) is 35.2 Å². The summed E-state index contributed by atoms with van der Waals surface area (Å²) < 4.78 is 109. The first-order valence-corrected chi connectivity index (χ1v) is 15.9. The lowest BCUT2D eigenvalue weighted by atomic mass is 10.0. The maximum Gasteiger partial charge on any atom is 0.416 e. The molecule has 1 heterocycles. The van der Waals surface area contributed by atoms with Gasteiger partial charge >= 0.3 is 12.4 Å². The zero-order valence-corrected chi connectivity index (χ0v) is 25.7. The van der Waals surface area contributed by atoms with Gasteiger partial charge in [0, 0.05) is 54.1 Å². The molecule has 3 aromatic carbocycles. The number of carbonyl (C=O) groups excluding carboxylic acids is 2. The second kappa shape index (κ2) is 14.4. The van der Waals surface area contributed by atoms with E-state index in [0.29, 0.717) is 36.7 Å². The molecule has 4 rings (SSSR count). The third-order valence-corrected chi connectivity index (χ3v) is 8.21. The van der Waals surface area contributed by atoms with Crippen molar-refractivity contribution >= 4 is 27.5 Å². The number of carbonyl (C=O) groups is 2. The van der Waals surface area contributed by atoms with Crippen LogP contribution in [0.4, 0.5) is 32.0 Å². The van der Waals surface area contributed by atoms with Gasteiger partial charge in [0.05, 0.1) is 24.3 Å². The van der Waals surface area contributed by atoms with Crippen LogP contribution in [-0.2, 0) is 16.2 Å². The molecular formula is C32H29F6N3O5S. The Morgan fingerprint density at radius 1 is 0.851 bits per heavy atom. The summed E-state index contributed by atoms with van der Waals surface area (Å²) in [7, 11) is -4.51. The highest BCUT2D eigenvalue weighted by atomic mass is 32.2.